The van der Waals surface area contributed by atoms with E-state index in [-0.39, 0.29) is 11.7 Å². The Balaban J connectivity index is 2.17. The molecule has 0 aliphatic heterocycles. The van der Waals surface area contributed by atoms with Crippen LogP contribution in [0.1, 0.15) is 37.7 Å². The number of hydrogen-bond donors (Lipinski definition) is 2. The number of nitrogens with one attached hydrogen (secondary N) is 1. The molecule has 1 aromatic rings. The van der Waals surface area contributed by atoms with Gasteiger partial charge in [-0.05, 0) is 31.0 Å². The molecule has 1 aromatic carbocycles. The largest absolute Gasteiger partial charge is 0.419 e. The lowest BCUT2D eigenvalue weighted by Crippen LogP contribution is -2.32. The Labute approximate surface area is 114 Å². The van der Waals surface area contributed by atoms with Crippen molar-refractivity contribution in [3.63, 3.8) is 0 Å². The van der Waals surface area contributed by atoms with Crippen molar-refractivity contribution in [1.82, 2.24) is 0 Å². The molecule has 6 heteroatoms. The monoisotopic (exact) mass is 291 g/mol. The van der Waals surface area contributed by atoms with Crippen LogP contribution < -0.4 is 5.32 Å². The molecule has 2 atom stereocenters. The van der Waals surface area contributed by atoms with Crippen molar-refractivity contribution in [3.8, 4) is 0 Å². The third kappa shape index (κ3) is 3.62. The Morgan fingerprint density at radius 1 is 1.10 bits per heavy atom. The third-order valence-electron chi connectivity index (χ3n) is 3.60. The average Bonchev–Trinajstić information content (AvgIpc) is 2.56. The van der Waals surface area contributed by atoms with Gasteiger partial charge >= 0.3 is 6.18 Å². The molecule has 0 aromatic heterocycles. The van der Waals surface area contributed by atoms with E-state index >= 15 is 0 Å². The first kappa shape index (κ1) is 15.1. The minimum atomic E-state index is -4.72. The normalized spacial score (nSPS) is 24.2. The van der Waals surface area contributed by atoms with Gasteiger partial charge in [-0.25, -0.2) is 4.39 Å². The van der Waals surface area contributed by atoms with E-state index < -0.39 is 23.7 Å². The van der Waals surface area contributed by atoms with E-state index in [0.29, 0.717) is 12.8 Å². The fourth-order valence-corrected chi connectivity index (χ4v) is 2.50. The van der Waals surface area contributed by atoms with Gasteiger partial charge in [0.15, 0.2) is 0 Å². The van der Waals surface area contributed by atoms with Crippen LogP contribution in [-0.2, 0) is 6.18 Å². The molecule has 1 aliphatic rings. The molecule has 0 radical (unpaired) electrons. The number of alkyl halides is 3. The first-order chi connectivity index (χ1) is 9.38. The van der Waals surface area contributed by atoms with Crippen LogP contribution in [0.2, 0.25) is 0 Å². The van der Waals surface area contributed by atoms with Crippen molar-refractivity contribution >= 4 is 5.69 Å². The summed E-state index contributed by atoms with van der Waals surface area (Å²) in [6.45, 7) is 0. The zero-order valence-electron chi connectivity index (χ0n) is 10.9. The molecule has 112 valence electrons. The molecule has 0 saturated heterocycles. The maximum Gasteiger partial charge on any atom is 0.419 e. The highest BCUT2D eigenvalue weighted by Crippen LogP contribution is 2.33. The molecule has 1 fully saturated rings. The van der Waals surface area contributed by atoms with Crippen LogP contribution in [0.15, 0.2) is 18.2 Å². The number of benzene rings is 1. The van der Waals surface area contributed by atoms with Crippen molar-refractivity contribution in [2.45, 2.75) is 50.4 Å². The van der Waals surface area contributed by atoms with E-state index in [1.807, 2.05) is 0 Å². The summed E-state index contributed by atoms with van der Waals surface area (Å²) in [4.78, 5) is 0. The van der Waals surface area contributed by atoms with Gasteiger partial charge in [0, 0.05) is 5.69 Å². The summed E-state index contributed by atoms with van der Waals surface area (Å²) in [5.74, 6) is -1.29. The van der Waals surface area contributed by atoms with Crippen molar-refractivity contribution in [3.05, 3.63) is 29.6 Å². The number of anilines is 1. The third-order valence-corrected chi connectivity index (χ3v) is 3.60. The molecule has 2 N–H and O–H groups in total. The molecule has 20 heavy (non-hydrogen) atoms. The van der Waals surface area contributed by atoms with Crippen molar-refractivity contribution in [2.75, 3.05) is 5.32 Å². The van der Waals surface area contributed by atoms with Crippen molar-refractivity contribution in [1.29, 1.82) is 0 Å². The van der Waals surface area contributed by atoms with E-state index in [1.165, 1.54) is 6.07 Å². The number of hydrogen-bond acceptors (Lipinski definition) is 2. The maximum absolute atomic E-state index is 13.2. The van der Waals surface area contributed by atoms with E-state index in [9.17, 15) is 22.7 Å². The van der Waals surface area contributed by atoms with Crippen LogP contribution in [0.25, 0.3) is 0 Å². The van der Waals surface area contributed by atoms with Crippen molar-refractivity contribution in [2.24, 2.45) is 0 Å². The van der Waals surface area contributed by atoms with E-state index in [4.69, 9.17) is 0 Å². The Hall–Kier alpha value is -1.30. The SMILES string of the molecule is OC1CCCCCC1Nc1ccc(F)c(C(F)(F)F)c1. The number of halogens is 4. The molecule has 0 spiro atoms. The van der Waals surface area contributed by atoms with Gasteiger partial charge in [0.05, 0.1) is 17.7 Å². The maximum atomic E-state index is 13.2. The Morgan fingerprint density at radius 2 is 1.80 bits per heavy atom. The summed E-state index contributed by atoms with van der Waals surface area (Å²) in [5.41, 5.74) is -1.10. The van der Waals surface area contributed by atoms with Gasteiger partial charge in [-0.3, -0.25) is 0 Å². The standard InChI is InChI=1S/C14H17F4NO/c15-11-7-6-9(8-10(11)14(16,17)18)19-12-4-2-1-3-5-13(12)20/h6-8,12-13,19-20H,1-5H2. The molecule has 2 nitrogen and oxygen atoms in total. The van der Waals surface area contributed by atoms with Crippen LogP contribution >= 0.6 is 0 Å². The fourth-order valence-electron chi connectivity index (χ4n) is 2.50. The topological polar surface area (TPSA) is 32.3 Å². The second kappa shape index (κ2) is 5.99. The molecule has 1 saturated carbocycles. The molecule has 0 bridgehead atoms. The first-order valence-corrected chi connectivity index (χ1v) is 6.69. The van der Waals surface area contributed by atoms with E-state index in [0.717, 1.165) is 31.4 Å². The van der Waals surface area contributed by atoms with Crippen LogP contribution in [0.3, 0.4) is 0 Å². The minimum Gasteiger partial charge on any atom is -0.391 e. The number of rotatable bonds is 2. The Bertz CT molecular complexity index is 461. The van der Waals surface area contributed by atoms with Crippen LogP contribution in [0.5, 0.6) is 0 Å². The van der Waals surface area contributed by atoms with E-state index in [1.54, 1.807) is 0 Å². The first-order valence-electron chi connectivity index (χ1n) is 6.69. The van der Waals surface area contributed by atoms with Gasteiger partial charge in [-0.15, -0.1) is 0 Å². The fraction of sp³-hybridized carbons (Fsp3) is 0.571. The summed E-state index contributed by atoms with van der Waals surface area (Å²) in [6, 6.07) is 2.53. The molecule has 2 unspecified atom stereocenters. The zero-order chi connectivity index (χ0) is 14.8. The lowest BCUT2D eigenvalue weighted by Gasteiger charge is -2.23. The molecule has 0 amide bonds. The lowest BCUT2D eigenvalue weighted by atomic mass is 10.1. The summed E-state index contributed by atoms with van der Waals surface area (Å²) in [5, 5.41) is 12.8. The molecule has 0 heterocycles. The number of aliphatic hydroxyl groups is 1. The van der Waals surface area contributed by atoms with E-state index in [2.05, 4.69) is 5.32 Å². The highest BCUT2D eigenvalue weighted by Gasteiger charge is 2.34. The van der Waals surface area contributed by atoms with Gasteiger partial charge in [-0.2, -0.15) is 13.2 Å². The lowest BCUT2D eigenvalue weighted by molar-refractivity contribution is -0.139. The van der Waals surface area contributed by atoms with Gasteiger partial charge in [0.2, 0.25) is 0 Å². The van der Waals surface area contributed by atoms with Crippen LogP contribution in [0, 0.1) is 5.82 Å². The van der Waals surface area contributed by atoms with Crippen LogP contribution in [0.4, 0.5) is 23.2 Å². The Kier molecular flexibility index (Phi) is 4.52. The predicted molar refractivity (Wildman–Crippen MR) is 67.9 cm³/mol. The molecule has 2 rings (SSSR count). The smallest absolute Gasteiger partial charge is 0.391 e. The summed E-state index contributed by atoms with van der Waals surface area (Å²) in [7, 11) is 0. The summed E-state index contributed by atoms with van der Waals surface area (Å²) < 4.78 is 51.1. The van der Waals surface area contributed by atoms with Crippen LogP contribution in [-0.4, -0.2) is 17.3 Å². The summed E-state index contributed by atoms with van der Waals surface area (Å²) >= 11 is 0. The second-order valence-corrected chi connectivity index (χ2v) is 5.15. The van der Waals surface area contributed by atoms with Gasteiger partial charge < -0.3 is 10.4 Å². The van der Waals surface area contributed by atoms with Crippen molar-refractivity contribution < 1.29 is 22.7 Å². The number of aliphatic hydroxyl groups excluding tert-OH is 1. The van der Waals surface area contributed by atoms with Gasteiger partial charge in [0.25, 0.3) is 0 Å². The molecule has 1 aliphatic carbocycles. The highest BCUT2D eigenvalue weighted by atomic mass is 19.4. The zero-order valence-corrected chi connectivity index (χ0v) is 10.9. The highest BCUT2D eigenvalue weighted by molar-refractivity contribution is 5.48. The predicted octanol–water partition coefficient (Wildman–Crippen LogP) is 3.95. The van der Waals surface area contributed by atoms with Gasteiger partial charge in [-0.1, -0.05) is 19.3 Å². The van der Waals surface area contributed by atoms with Gasteiger partial charge in [0.1, 0.15) is 5.82 Å². The molecular formula is C14H17F4NO. The average molecular weight is 291 g/mol. The second-order valence-electron chi connectivity index (χ2n) is 5.15. The quantitative estimate of drug-likeness (QED) is 0.639. The Morgan fingerprint density at radius 3 is 2.50 bits per heavy atom. The summed E-state index contributed by atoms with van der Waals surface area (Å²) in [6.07, 6.45) is -1.14. The minimum absolute atomic E-state index is 0.185. The molecular weight excluding hydrogens is 274 g/mol.